The van der Waals surface area contributed by atoms with Crippen LogP contribution in [0.4, 0.5) is 17.1 Å². The lowest BCUT2D eigenvalue weighted by atomic mass is 10.0. The Kier molecular flexibility index (Phi) is 4.90. The van der Waals surface area contributed by atoms with E-state index in [2.05, 4.69) is 21.4 Å². The molecule has 0 aromatic heterocycles. The van der Waals surface area contributed by atoms with Gasteiger partial charge in [0.1, 0.15) is 11.5 Å². The first kappa shape index (κ1) is 17.9. The lowest BCUT2D eigenvalue weighted by Crippen LogP contribution is -2.30. The Morgan fingerprint density at radius 1 is 1.15 bits per heavy atom. The quantitative estimate of drug-likeness (QED) is 0.491. The summed E-state index contributed by atoms with van der Waals surface area (Å²) in [6.45, 7) is 1.78. The van der Waals surface area contributed by atoms with Crippen molar-refractivity contribution in [3.05, 3.63) is 63.2 Å². The number of benzene rings is 2. The zero-order chi connectivity index (χ0) is 17.4. The molecule has 4 rings (SSSR count). The Morgan fingerprint density at radius 2 is 1.96 bits per heavy atom. The molecule has 2 aromatic rings. The van der Waals surface area contributed by atoms with E-state index in [9.17, 15) is 10.1 Å². The van der Waals surface area contributed by atoms with E-state index in [0.717, 1.165) is 53.4 Å². The number of nitro groups is 1. The third-order valence-corrected chi connectivity index (χ3v) is 4.42. The first-order chi connectivity index (χ1) is 12.1. The number of hydrogen-bond donors (Lipinski definition) is 2. The highest BCUT2D eigenvalue weighted by Gasteiger charge is 2.21. The average Bonchev–Trinajstić information content (AvgIpc) is 3.05. The van der Waals surface area contributed by atoms with E-state index >= 15 is 0 Å². The summed E-state index contributed by atoms with van der Waals surface area (Å²) >= 11 is 0. The van der Waals surface area contributed by atoms with Crippen molar-refractivity contribution < 1.29 is 4.92 Å². The molecule has 26 heavy (non-hydrogen) atoms. The van der Waals surface area contributed by atoms with Crippen LogP contribution in [0.25, 0.3) is 0 Å². The maximum absolute atomic E-state index is 11.1. The van der Waals surface area contributed by atoms with Gasteiger partial charge in [-0.25, -0.2) is 0 Å². The lowest BCUT2D eigenvalue weighted by molar-refractivity contribution is -0.383. The van der Waals surface area contributed by atoms with Gasteiger partial charge in [-0.3, -0.25) is 20.1 Å². The first-order valence-corrected chi connectivity index (χ1v) is 8.15. The SMILES string of the molecule is Cl.Nc1ccc(C2=Nc3ccc(C4=NCCCN4)cc3C2)cc1[N+](=O)[O-]. The Bertz CT molecular complexity index is 939. The van der Waals surface area contributed by atoms with Gasteiger partial charge in [-0.15, -0.1) is 12.4 Å². The van der Waals surface area contributed by atoms with Gasteiger partial charge < -0.3 is 11.1 Å². The number of nitrogens with zero attached hydrogens (tertiary/aromatic N) is 3. The minimum Gasteiger partial charge on any atom is -0.393 e. The van der Waals surface area contributed by atoms with Crippen molar-refractivity contribution in [2.45, 2.75) is 12.8 Å². The Labute approximate surface area is 156 Å². The van der Waals surface area contributed by atoms with Crippen LogP contribution in [-0.2, 0) is 6.42 Å². The van der Waals surface area contributed by atoms with Crippen molar-refractivity contribution in [1.29, 1.82) is 0 Å². The molecule has 7 nitrogen and oxygen atoms in total. The molecule has 0 fully saturated rings. The molecule has 0 saturated heterocycles. The number of anilines is 1. The van der Waals surface area contributed by atoms with Crippen molar-refractivity contribution in [2.24, 2.45) is 9.98 Å². The topological polar surface area (TPSA) is 106 Å². The largest absolute Gasteiger partial charge is 0.393 e. The van der Waals surface area contributed by atoms with E-state index in [0.29, 0.717) is 6.42 Å². The monoisotopic (exact) mass is 371 g/mol. The number of fused-ring (bicyclic) bond motifs is 1. The van der Waals surface area contributed by atoms with E-state index in [-0.39, 0.29) is 23.8 Å². The first-order valence-electron chi connectivity index (χ1n) is 8.15. The van der Waals surface area contributed by atoms with Crippen molar-refractivity contribution in [3.8, 4) is 0 Å². The molecule has 0 amide bonds. The molecule has 134 valence electrons. The van der Waals surface area contributed by atoms with E-state index in [1.807, 2.05) is 12.1 Å². The predicted molar refractivity (Wildman–Crippen MR) is 105 cm³/mol. The normalized spacial score (nSPS) is 15.2. The Hall–Kier alpha value is -2.93. The Balaban J connectivity index is 0.00000196. The average molecular weight is 372 g/mol. The third kappa shape index (κ3) is 3.25. The summed E-state index contributed by atoms with van der Waals surface area (Å²) in [5, 5.41) is 14.4. The number of amidine groups is 1. The summed E-state index contributed by atoms with van der Waals surface area (Å²) in [6, 6.07) is 10.9. The van der Waals surface area contributed by atoms with E-state index in [4.69, 9.17) is 5.73 Å². The zero-order valence-corrected chi connectivity index (χ0v) is 14.8. The molecule has 0 bridgehead atoms. The smallest absolute Gasteiger partial charge is 0.292 e. The maximum atomic E-state index is 11.1. The summed E-state index contributed by atoms with van der Waals surface area (Å²) < 4.78 is 0. The number of hydrogen-bond acceptors (Lipinski definition) is 6. The molecule has 0 unspecified atom stereocenters. The van der Waals surface area contributed by atoms with Crippen LogP contribution in [0.5, 0.6) is 0 Å². The molecular formula is C18H18ClN5O2. The lowest BCUT2D eigenvalue weighted by Gasteiger charge is -2.15. The zero-order valence-electron chi connectivity index (χ0n) is 13.9. The van der Waals surface area contributed by atoms with Crippen LogP contribution in [0.1, 0.15) is 23.1 Å². The van der Waals surface area contributed by atoms with Gasteiger partial charge in [0.2, 0.25) is 0 Å². The van der Waals surface area contributed by atoms with E-state index < -0.39 is 4.92 Å². The second kappa shape index (κ2) is 7.13. The molecule has 2 aliphatic heterocycles. The Morgan fingerprint density at radius 3 is 2.69 bits per heavy atom. The molecule has 0 radical (unpaired) electrons. The summed E-state index contributed by atoms with van der Waals surface area (Å²) in [4.78, 5) is 19.8. The number of nitrogens with two attached hydrogens (primary N) is 1. The number of nitrogen functional groups attached to an aromatic ring is 1. The van der Waals surface area contributed by atoms with Crippen LogP contribution in [0.2, 0.25) is 0 Å². The molecule has 8 heteroatoms. The molecular weight excluding hydrogens is 354 g/mol. The van der Waals surface area contributed by atoms with Gasteiger partial charge >= 0.3 is 0 Å². The highest BCUT2D eigenvalue weighted by Crippen LogP contribution is 2.32. The minimum atomic E-state index is -0.466. The standard InChI is InChI=1S/C18H17N5O2.ClH/c19-14-4-2-11(10-17(14)23(24)25)16-9-13-8-12(3-5-15(13)22-16)18-20-6-1-7-21-18;/h2-5,8,10H,1,6-7,9,19H2,(H,20,21);1H. The van der Waals surface area contributed by atoms with E-state index in [1.54, 1.807) is 12.1 Å². The fraction of sp³-hybridized carbons (Fsp3) is 0.222. The highest BCUT2D eigenvalue weighted by atomic mass is 35.5. The number of aliphatic imine (C=N–C) groups is 2. The number of nitro benzene ring substituents is 1. The van der Waals surface area contributed by atoms with Gasteiger partial charge in [0.05, 0.1) is 16.3 Å². The molecule has 2 heterocycles. The molecule has 0 spiro atoms. The van der Waals surface area contributed by atoms with Crippen molar-refractivity contribution in [2.75, 3.05) is 18.8 Å². The van der Waals surface area contributed by atoms with Gasteiger partial charge in [0.15, 0.2) is 0 Å². The highest BCUT2D eigenvalue weighted by molar-refractivity contribution is 6.08. The van der Waals surface area contributed by atoms with Crippen molar-refractivity contribution in [3.63, 3.8) is 0 Å². The summed E-state index contributed by atoms with van der Waals surface area (Å²) in [5.41, 5.74) is 10.3. The summed E-state index contributed by atoms with van der Waals surface area (Å²) in [5.74, 6) is 0.922. The van der Waals surface area contributed by atoms with Gasteiger partial charge in [0, 0.05) is 36.7 Å². The van der Waals surface area contributed by atoms with Gasteiger partial charge in [-0.1, -0.05) is 6.07 Å². The third-order valence-electron chi connectivity index (χ3n) is 4.42. The number of halogens is 1. The molecule has 2 aromatic carbocycles. The van der Waals surface area contributed by atoms with Crippen LogP contribution in [0.15, 0.2) is 46.4 Å². The van der Waals surface area contributed by atoms with Crippen LogP contribution < -0.4 is 11.1 Å². The molecule has 3 N–H and O–H groups in total. The predicted octanol–water partition coefficient (Wildman–Crippen LogP) is 3.02. The molecule has 2 aliphatic rings. The van der Waals surface area contributed by atoms with Crippen molar-refractivity contribution >= 4 is 41.0 Å². The molecule has 0 aliphatic carbocycles. The summed E-state index contributed by atoms with van der Waals surface area (Å²) in [7, 11) is 0. The molecule has 0 atom stereocenters. The van der Waals surface area contributed by atoms with E-state index in [1.165, 1.54) is 6.07 Å². The fourth-order valence-electron chi connectivity index (χ4n) is 3.12. The minimum absolute atomic E-state index is 0. The number of rotatable bonds is 3. The number of nitrogens with one attached hydrogen (secondary N) is 1. The van der Waals surface area contributed by atoms with Crippen LogP contribution in [0.3, 0.4) is 0 Å². The van der Waals surface area contributed by atoms with Gasteiger partial charge in [-0.05, 0) is 36.2 Å². The maximum Gasteiger partial charge on any atom is 0.292 e. The van der Waals surface area contributed by atoms with Crippen molar-refractivity contribution in [1.82, 2.24) is 5.32 Å². The molecule has 0 saturated carbocycles. The van der Waals surface area contributed by atoms with Crippen LogP contribution in [-0.4, -0.2) is 29.6 Å². The van der Waals surface area contributed by atoms with Gasteiger partial charge in [-0.2, -0.15) is 0 Å². The van der Waals surface area contributed by atoms with Crippen LogP contribution in [0, 0.1) is 10.1 Å². The van der Waals surface area contributed by atoms with Crippen LogP contribution >= 0.6 is 12.4 Å². The second-order valence-corrected chi connectivity index (χ2v) is 6.12. The summed E-state index contributed by atoms with van der Waals surface area (Å²) in [6.07, 6.45) is 1.69. The second-order valence-electron chi connectivity index (χ2n) is 6.12. The van der Waals surface area contributed by atoms with Gasteiger partial charge in [0.25, 0.3) is 5.69 Å². The fourth-order valence-corrected chi connectivity index (χ4v) is 3.12.